The molecule has 0 aliphatic heterocycles. The van der Waals surface area contributed by atoms with Crippen LogP contribution in [0.4, 0.5) is 15.9 Å². The van der Waals surface area contributed by atoms with Gasteiger partial charge < -0.3 is 15.2 Å². The van der Waals surface area contributed by atoms with Crippen LogP contribution in [0.1, 0.15) is 11.1 Å². The molecule has 0 spiro atoms. The van der Waals surface area contributed by atoms with Gasteiger partial charge in [0.25, 0.3) is 0 Å². The number of aromatic nitrogens is 2. The normalized spacial score (nSPS) is 11.1. The number of halogens is 2. The van der Waals surface area contributed by atoms with Crippen LogP contribution in [0.25, 0.3) is 28.1 Å². The summed E-state index contributed by atoms with van der Waals surface area (Å²) in [5.74, 6) is -0.210. The highest BCUT2D eigenvalue weighted by Gasteiger charge is 2.09. The Morgan fingerprint density at radius 1 is 0.974 bits per heavy atom. The predicted molar refractivity (Wildman–Crippen MR) is 147 cm³/mol. The van der Waals surface area contributed by atoms with Gasteiger partial charge in [0.05, 0.1) is 10.5 Å². The molecule has 0 aliphatic rings. The smallest absolute Gasteiger partial charge is 0.328 e. The summed E-state index contributed by atoms with van der Waals surface area (Å²) < 4.78 is 19.2. The molecular weight excluding hydrogens is 505 g/mol. The molecule has 2 N–H and O–H groups in total. The average molecular weight is 526 g/mol. The highest BCUT2D eigenvalue weighted by Crippen LogP contribution is 2.32. The molecule has 1 aromatic heterocycles. The maximum atomic E-state index is 13.4. The van der Waals surface area contributed by atoms with Crippen molar-refractivity contribution in [2.75, 3.05) is 5.32 Å². The van der Waals surface area contributed by atoms with Gasteiger partial charge in [-0.3, -0.25) is 0 Å². The molecule has 0 fully saturated rings. The zero-order valence-corrected chi connectivity index (χ0v) is 20.7. The van der Waals surface area contributed by atoms with E-state index in [1.54, 1.807) is 30.3 Å². The fraction of sp³-hybridized carbons (Fsp3) is 0.0333. The molecule has 0 bridgehead atoms. The van der Waals surface area contributed by atoms with Crippen LogP contribution in [0.2, 0.25) is 5.02 Å². The fourth-order valence-electron chi connectivity index (χ4n) is 3.91. The zero-order valence-electron chi connectivity index (χ0n) is 19.9. The van der Waals surface area contributed by atoms with Crippen molar-refractivity contribution >= 4 is 46.1 Å². The van der Waals surface area contributed by atoms with Gasteiger partial charge in [0.1, 0.15) is 30.3 Å². The lowest BCUT2D eigenvalue weighted by atomic mass is 10.0. The van der Waals surface area contributed by atoms with Gasteiger partial charge in [-0.25, -0.2) is 19.2 Å². The Balaban J connectivity index is 1.36. The van der Waals surface area contributed by atoms with Gasteiger partial charge in [0, 0.05) is 17.1 Å². The number of nitrogens with one attached hydrogen (secondary N) is 1. The highest BCUT2D eigenvalue weighted by atomic mass is 35.5. The minimum atomic E-state index is -0.990. The molecule has 5 rings (SSSR count). The number of rotatable bonds is 8. The van der Waals surface area contributed by atoms with Crippen LogP contribution in [0, 0.1) is 5.82 Å². The standard InChI is InChI=1S/C30H21ClFN3O3/c31-26-16-24(10-12-28(26)38-17-20-2-1-3-23(32)14-20)35-30-25-15-22(9-11-27(25)33-18-34-30)21-7-4-19(5-8-21)6-13-29(36)37/h1-16,18H,17H2,(H,36,37)(H,33,34,35). The first kappa shape index (κ1) is 24.9. The molecule has 0 atom stereocenters. The third kappa shape index (κ3) is 5.96. The number of benzene rings is 4. The predicted octanol–water partition coefficient (Wildman–Crippen LogP) is 7.51. The van der Waals surface area contributed by atoms with Crippen molar-refractivity contribution in [3.63, 3.8) is 0 Å². The summed E-state index contributed by atoms with van der Waals surface area (Å²) in [6.45, 7) is 0.195. The van der Waals surface area contributed by atoms with Gasteiger partial charge in [0.2, 0.25) is 0 Å². The second-order valence-corrected chi connectivity index (χ2v) is 8.84. The summed E-state index contributed by atoms with van der Waals surface area (Å²) in [7, 11) is 0. The Morgan fingerprint density at radius 2 is 1.79 bits per heavy atom. The largest absolute Gasteiger partial charge is 0.487 e. The highest BCUT2D eigenvalue weighted by molar-refractivity contribution is 6.32. The maximum absolute atomic E-state index is 13.4. The summed E-state index contributed by atoms with van der Waals surface area (Å²) in [5.41, 5.74) is 4.92. The zero-order chi connectivity index (χ0) is 26.5. The first-order valence-electron chi connectivity index (χ1n) is 11.6. The van der Waals surface area contributed by atoms with Crippen molar-refractivity contribution in [1.82, 2.24) is 9.97 Å². The van der Waals surface area contributed by atoms with Crippen LogP contribution >= 0.6 is 11.6 Å². The minimum Gasteiger partial charge on any atom is -0.487 e. The molecule has 5 aromatic rings. The summed E-state index contributed by atoms with van der Waals surface area (Å²) >= 11 is 6.46. The second-order valence-electron chi connectivity index (χ2n) is 8.44. The number of hydrogen-bond acceptors (Lipinski definition) is 5. The van der Waals surface area contributed by atoms with E-state index in [4.69, 9.17) is 21.4 Å². The van der Waals surface area contributed by atoms with Gasteiger partial charge in [0.15, 0.2) is 0 Å². The molecule has 6 nitrogen and oxygen atoms in total. The van der Waals surface area contributed by atoms with Gasteiger partial charge in [-0.2, -0.15) is 0 Å². The third-order valence-electron chi connectivity index (χ3n) is 5.78. The van der Waals surface area contributed by atoms with E-state index in [0.29, 0.717) is 27.8 Å². The lowest BCUT2D eigenvalue weighted by Gasteiger charge is -2.12. The van der Waals surface area contributed by atoms with Crippen LogP contribution < -0.4 is 10.1 Å². The number of anilines is 2. The molecule has 0 aliphatic carbocycles. The molecule has 0 radical (unpaired) electrons. The summed E-state index contributed by atoms with van der Waals surface area (Å²) in [4.78, 5) is 19.6. The summed E-state index contributed by atoms with van der Waals surface area (Å²) in [6.07, 6.45) is 4.15. The van der Waals surface area contributed by atoms with E-state index in [0.717, 1.165) is 33.7 Å². The van der Waals surface area contributed by atoms with E-state index >= 15 is 0 Å². The number of nitrogens with zero attached hydrogens (tertiary/aromatic N) is 2. The molecular formula is C30H21ClFN3O3. The number of hydrogen-bond donors (Lipinski definition) is 2. The Morgan fingerprint density at radius 3 is 2.55 bits per heavy atom. The molecule has 4 aromatic carbocycles. The van der Waals surface area contributed by atoms with Gasteiger partial charge in [-0.05, 0) is 70.8 Å². The first-order chi connectivity index (χ1) is 18.4. The number of carboxylic acid groups (broad SMARTS) is 1. The van der Waals surface area contributed by atoms with Crippen molar-refractivity contribution in [2.45, 2.75) is 6.61 Å². The van der Waals surface area contributed by atoms with Crippen LogP contribution in [-0.2, 0) is 11.4 Å². The Hall–Kier alpha value is -4.75. The van der Waals surface area contributed by atoms with Crippen molar-refractivity contribution < 1.29 is 19.0 Å². The van der Waals surface area contributed by atoms with E-state index in [2.05, 4.69) is 15.3 Å². The number of carboxylic acids is 1. The number of aliphatic carboxylic acids is 1. The van der Waals surface area contributed by atoms with E-state index < -0.39 is 5.97 Å². The monoisotopic (exact) mass is 525 g/mol. The van der Waals surface area contributed by atoms with Crippen LogP contribution in [0.3, 0.4) is 0 Å². The Kier molecular flexibility index (Phi) is 7.28. The maximum Gasteiger partial charge on any atom is 0.328 e. The van der Waals surface area contributed by atoms with Crippen molar-refractivity contribution in [1.29, 1.82) is 0 Å². The quantitative estimate of drug-likeness (QED) is 0.204. The molecule has 38 heavy (non-hydrogen) atoms. The number of ether oxygens (including phenoxy) is 1. The molecule has 8 heteroatoms. The average Bonchev–Trinajstić information content (AvgIpc) is 2.92. The number of fused-ring (bicyclic) bond motifs is 1. The molecule has 0 saturated heterocycles. The van der Waals surface area contributed by atoms with Crippen molar-refractivity contribution in [3.8, 4) is 16.9 Å². The fourth-order valence-corrected chi connectivity index (χ4v) is 4.15. The van der Waals surface area contributed by atoms with Gasteiger partial charge in [-0.1, -0.05) is 54.1 Å². The van der Waals surface area contributed by atoms with E-state index in [1.165, 1.54) is 18.5 Å². The van der Waals surface area contributed by atoms with Crippen LogP contribution in [-0.4, -0.2) is 21.0 Å². The first-order valence-corrected chi connectivity index (χ1v) is 12.0. The SMILES string of the molecule is O=C(O)C=Cc1ccc(-c2ccc3ncnc(Nc4ccc(OCc5cccc(F)c5)c(Cl)c4)c3c2)cc1. The second kappa shape index (κ2) is 11.1. The van der Waals surface area contributed by atoms with Gasteiger partial charge >= 0.3 is 5.97 Å². The van der Waals surface area contributed by atoms with Crippen molar-refractivity contribution in [2.24, 2.45) is 0 Å². The minimum absolute atomic E-state index is 0.195. The molecule has 0 saturated carbocycles. The van der Waals surface area contributed by atoms with Crippen LogP contribution in [0.5, 0.6) is 5.75 Å². The lowest BCUT2D eigenvalue weighted by molar-refractivity contribution is -0.131. The van der Waals surface area contributed by atoms with E-state index in [-0.39, 0.29) is 12.4 Å². The van der Waals surface area contributed by atoms with Crippen molar-refractivity contribution in [3.05, 3.63) is 119 Å². The van der Waals surface area contributed by atoms with E-state index in [1.807, 2.05) is 48.5 Å². The number of carbonyl (C=O) groups is 1. The topological polar surface area (TPSA) is 84.3 Å². The Bertz CT molecular complexity index is 1660. The Labute approximate surface area is 223 Å². The molecule has 188 valence electrons. The lowest BCUT2D eigenvalue weighted by Crippen LogP contribution is -1.99. The molecule has 0 unspecified atom stereocenters. The molecule has 1 heterocycles. The summed E-state index contributed by atoms with van der Waals surface area (Å²) in [5, 5.41) is 13.3. The van der Waals surface area contributed by atoms with Crippen LogP contribution in [0.15, 0.2) is 97.3 Å². The summed E-state index contributed by atoms with van der Waals surface area (Å²) in [6, 6.07) is 25.0. The molecule has 0 amide bonds. The third-order valence-corrected chi connectivity index (χ3v) is 6.07. The van der Waals surface area contributed by atoms with E-state index in [9.17, 15) is 9.18 Å². The van der Waals surface area contributed by atoms with Gasteiger partial charge in [-0.15, -0.1) is 0 Å².